The van der Waals surface area contributed by atoms with E-state index >= 15 is 0 Å². The van der Waals surface area contributed by atoms with Crippen LogP contribution >= 0.6 is 15.9 Å². The van der Waals surface area contributed by atoms with Gasteiger partial charge in [0.1, 0.15) is 5.01 Å². The Bertz CT molecular complexity index is 118. The normalized spacial score (nSPS) is 14.8. The molecule has 0 amide bonds. The van der Waals surface area contributed by atoms with Crippen molar-refractivity contribution in [2.24, 2.45) is 0 Å². The van der Waals surface area contributed by atoms with Crippen molar-refractivity contribution in [3.8, 4) is 0 Å². The van der Waals surface area contributed by atoms with Crippen LogP contribution in [0.15, 0.2) is 0 Å². The topological polar surface area (TPSA) is 29.5 Å². The van der Waals surface area contributed by atoms with Crippen molar-refractivity contribution < 1.29 is 23.0 Å². The van der Waals surface area contributed by atoms with Gasteiger partial charge in [0.05, 0.1) is 13.0 Å². The molecule has 6 heteroatoms. The largest absolute Gasteiger partial charge is 0.396 e. The summed E-state index contributed by atoms with van der Waals surface area (Å²) in [6.45, 7) is -0.485. The van der Waals surface area contributed by atoms with Crippen molar-refractivity contribution in [2.75, 3.05) is 13.2 Å². The van der Waals surface area contributed by atoms with Crippen molar-refractivity contribution in [2.45, 2.75) is 24.0 Å². The summed E-state index contributed by atoms with van der Waals surface area (Å²) in [5.41, 5.74) is 0. The molecule has 0 aliphatic carbocycles. The zero-order valence-electron chi connectivity index (χ0n) is 6.27. The fraction of sp³-hybridized carbons (Fsp3) is 1.00. The highest BCUT2D eigenvalue weighted by Gasteiger charge is 2.26. The summed E-state index contributed by atoms with van der Waals surface area (Å²) in [7, 11) is 0. The Kier molecular flexibility index (Phi) is 5.86. The van der Waals surface area contributed by atoms with Gasteiger partial charge in [-0.15, -0.1) is 0 Å². The Hall–Kier alpha value is 0.190. The molecule has 0 spiro atoms. The molecule has 0 aliphatic heterocycles. The predicted octanol–water partition coefficient (Wildman–Crippen LogP) is 2.06. The molecule has 2 nitrogen and oxygen atoms in total. The van der Waals surface area contributed by atoms with Gasteiger partial charge in [-0.25, -0.2) is 0 Å². The number of rotatable bonds is 5. The van der Waals surface area contributed by atoms with E-state index in [4.69, 9.17) is 9.84 Å². The number of hydrogen-bond acceptors (Lipinski definition) is 2. The van der Waals surface area contributed by atoms with Gasteiger partial charge in [-0.2, -0.15) is 13.2 Å². The van der Waals surface area contributed by atoms with Gasteiger partial charge in [-0.05, 0) is 0 Å². The molecule has 0 aromatic rings. The third kappa shape index (κ3) is 8.29. The van der Waals surface area contributed by atoms with Gasteiger partial charge < -0.3 is 9.84 Å². The van der Waals surface area contributed by atoms with Crippen LogP contribution in [0.3, 0.4) is 0 Å². The highest BCUT2D eigenvalue weighted by atomic mass is 79.9. The maximum atomic E-state index is 11.5. The van der Waals surface area contributed by atoms with Crippen LogP contribution in [0.2, 0.25) is 0 Å². The van der Waals surface area contributed by atoms with Gasteiger partial charge in [-0.1, -0.05) is 15.9 Å². The van der Waals surface area contributed by atoms with Crippen molar-refractivity contribution in [3.05, 3.63) is 0 Å². The van der Waals surface area contributed by atoms with E-state index in [0.717, 1.165) is 0 Å². The molecule has 1 N–H and O–H groups in total. The maximum Gasteiger partial charge on any atom is 0.391 e. The van der Waals surface area contributed by atoms with Crippen LogP contribution in [0.4, 0.5) is 13.2 Å². The predicted molar refractivity (Wildman–Crippen MR) is 41.0 cm³/mol. The van der Waals surface area contributed by atoms with Crippen molar-refractivity contribution in [3.63, 3.8) is 0 Å². The molecule has 0 radical (unpaired) electrons. The van der Waals surface area contributed by atoms with Gasteiger partial charge in [0.25, 0.3) is 0 Å². The molecule has 0 rings (SSSR count). The zero-order valence-corrected chi connectivity index (χ0v) is 7.86. The average Bonchev–Trinajstić information content (AvgIpc) is 1.84. The van der Waals surface area contributed by atoms with E-state index in [1.807, 2.05) is 0 Å². The molecule has 0 aromatic heterocycles. The minimum absolute atomic E-state index is 0.109. The number of alkyl halides is 4. The van der Waals surface area contributed by atoms with Crippen LogP contribution in [-0.4, -0.2) is 29.5 Å². The van der Waals surface area contributed by atoms with E-state index in [-0.39, 0.29) is 19.6 Å². The number of aliphatic hydroxyl groups excluding tert-OH is 1. The molecule has 74 valence electrons. The summed E-state index contributed by atoms with van der Waals surface area (Å²) in [6, 6.07) is 0. The van der Waals surface area contributed by atoms with Gasteiger partial charge >= 0.3 is 6.18 Å². The SMILES string of the molecule is OCCC(Br)OCCC(F)(F)F. The summed E-state index contributed by atoms with van der Waals surface area (Å²) in [6.07, 6.45) is -4.84. The smallest absolute Gasteiger partial charge is 0.391 e. The molecule has 12 heavy (non-hydrogen) atoms. The van der Waals surface area contributed by atoms with Crippen LogP contribution in [0.25, 0.3) is 0 Å². The number of ether oxygens (including phenoxy) is 1. The Balaban J connectivity index is 3.31. The summed E-state index contributed by atoms with van der Waals surface area (Å²) in [5, 5.41) is 7.87. The molecule has 0 bridgehead atoms. The van der Waals surface area contributed by atoms with Crippen LogP contribution in [0.1, 0.15) is 12.8 Å². The van der Waals surface area contributed by atoms with Crippen molar-refractivity contribution in [1.29, 1.82) is 0 Å². The monoisotopic (exact) mass is 250 g/mol. The molecular formula is C6H10BrF3O2. The Morgan fingerprint density at radius 1 is 1.42 bits per heavy atom. The average molecular weight is 251 g/mol. The van der Waals surface area contributed by atoms with E-state index in [1.165, 1.54) is 0 Å². The van der Waals surface area contributed by atoms with E-state index < -0.39 is 17.6 Å². The van der Waals surface area contributed by atoms with Crippen molar-refractivity contribution in [1.82, 2.24) is 0 Å². The first kappa shape index (κ1) is 12.2. The molecule has 0 saturated carbocycles. The van der Waals surface area contributed by atoms with E-state index in [1.54, 1.807) is 0 Å². The lowest BCUT2D eigenvalue weighted by molar-refractivity contribution is -0.146. The third-order valence-electron chi connectivity index (χ3n) is 1.04. The fourth-order valence-corrected chi connectivity index (χ4v) is 0.879. The molecular weight excluding hydrogens is 241 g/mol. The lowest BCUT2D eigenvalue weighted by Crippen LogP contribution is -2.15. The number of aliphatic hydroxyl groups is 1. The fourth-order valence-electron chi connectivity index (χ4n) is 0.487. The van der Waals surface area contributed by atoms with E-state index in [9.17, 15) is 13.2 Å². The Morgan fingerprint density at radius 2 is 2.00 bits per heavy atom. The standard InChI is InChI=1S/C6H10BrF3O2/c7-5(1-3-11)12-4-2-6(8,9)10/h5,11H,1-4H2. The second-order valence-electron chi connectivity index (χ2n) is 2.16. The first-order valence-corrected chi connectivity index (χ1v) is 4.30. The van der Waals surface area contributed by atoms with Crippen LogP contribution in [-0.2, 0) is 4.74 Å². The second kappa shape index (κ2) is 5.77. The second-order valence-corrected chi connectivity index (χ2v) is 3.18. The lowest BCUT2D eigenvalue weighted by Gasteiger charge is -2.10. The van der Waals surface area contributed by atoms with Gasteiger partial charge in [0, 0.05) is 13.0 Å². The molecule has 0 saturated heterocycles. The summed E-state index contributed by atoms with van der Waals surface area (Å²) in [4.78, 5) is 0. The van der Waals surface area contributed by atoms with Gasteiger partial charge in [0.2, 0.25) is 0 Å². The van der Waals surface area contributed by atoms with Crippen molar-refractivity contribution >= 4 is 15.9 Å². The van der Waals surface area contributed by atoms with E-state index in [0.29, 0.717) is 0 Å². The Morgan fingerprint density at radius 3 is 2.42 bits per heavy atom. The van der Waals surface area contributed by atoms with Crippen LogP contribution < -0.4 is 0 Å². The highest BCUT2D eigenvalue weighted by Crippen LogP contribution is 2.20. The summed E-state index contributed by atoms with van der Waals surface area (Å²) >= 11 is 2.96. The quantitative estimate of drug-likeness (QED) is 0.758. The summed E-state index contributed by atoms with van der Waals surface area (Å²) in [5.74, 6) is 0. The zero-order chi connectivity index (χ0) is 9.61. The first-order valence-electron chi connectivity index (χ1n) is 3.39. The molecule has 0 fully saturated rings. The molecule has 0 heterocycles. The molecule has 0 aromatic carbocycles. The number of halogens is 4. The third-order valence-corrected chi connectivity index (χ3v) is 1.76. The molecule has 0 aliphatic rings. The highest BCUT2D eigenvalue weighted by molar-refractivity contribution is 9.09. The van der Waals surface area contributed by atoms with E-state index in [2.05, 4.69) is 15.9 Å². The maximum absolute atomic E-state index is 11.5. The minimum atomic E-state index is -4.17. The van der Waals surface area contributed by atoms with Gasteiger partial charge in [0.15, 0.2) is 0 Å². The van der Waals surface area contributed by atoms with Crippen LogP contribution in [0.5, 0.6) is 0 Å². The molecule has 1 atom stereocenters. The minimum Gasteiger partial charge on any atom is -0.396 e. The summed E-state index contributed by atoms with van der Waals surface area (Å²) < 4.78 is 39.3. The number of hydrogen-bond donors (Lipinski definition) is 1. The first-order chi connectivity index (χ1) is 5.45. The Labute approximate surface area is 76.8 Å². The lowest BCUT2D eigenvalue weighted by atomic mass is 10.4. The van der Waals surface area contributed by atoms with Crippen LogP contribution in [0, 0.1) is 0 Å². The molecule has 1 unspecified atom stereocenters. The van der Waals surface area contributed by atoms with Gasteiger partial charge in [-0.3, -0.25) is 0 Å².